The molecule has 15 heavy (non-hydrogen) atoms. The Bertz CT molecular complexity index is 414. The number of hydrogen-bond donors (Lipinski definition) is 1. The van der Waals surface area contributed by atoms with Crippen LogP contribution in [0.1, 0.15) is 0 Å². The summed E-state index contributed by atoms with van der Waals surface area (Å²) in [5, 5.41) is 7.29. The molecule has 0 aliphatic heterocycles. The van der Waals surface area contributed by atoms with Crippen LogP contribution in [0.15, 0.2) is 35.5 Å². The summed E-state index contributed by atoms with van der Waals surface area (Å²) in [6.07, 6.45) is 6.92. The molecule has 2 heterocycles. The molecule has 0 spiro atoms. The number of nitrogens with one attached hydrogen (secondary N) is 1. The Labute approximate surface area is 95.7 Å². The zero-order valence-electron chi connectivity index (χ0n) is 7.97. The fourth-order valence-corrected chi connectivity index (χ4v) is 1.53. The largest absolute Gasteiger partial charge is 0.367 e. The Morgan fingerprint density at radius 3 is 3.13 bits per heavy atom. The molecule has 0 bridgehead atoms. The van der Waals surface area contributed by atoms with Gasteiger partial charge in [-0.2, -0.15) is 5.10 Å². The average Bonchev–Trinajstić information content (AvgIpc) is 2.74. The molecule has 2 aromatic heterocycles. The molecular weight excluding hydrogens is 258 g/mol. The zero-order valence-corrected chi connectivity index (χ0v) is 9.55. The van der Waals surface area contributed by atoms with Gasteiger partial charge < -0.3 is 5.32 Å². The Balaban J connectivity index is 1.86. The van der Waals surface area contributed by atoms with Gasteiger partial charge in [0, 0.05) is 25.1 Å². The molecule has 5 nitrogen and oxygen atoms in total. The van der Waals surface area contributed by atoms with E-state index in [0.717, 1.165) is 23.4 Å². The molecule has 0 unspecified atom stereocenters. The summed E-state index contributed by atoms with van der Waals surface area (Å²) in [6, 6.07) is 1.90. The third-order valence-corrected chi connectivity index (χ3v) is 2.44. The molecule has 0 aliphatic rings. The van der Waals surface area contributed by atoms with Crippen LogP contribution in [0.2, 0.25) is 0 Å². The molecular formula is C9H10BrN5. The van der Waals surface area contributed by atoms with Crippen molar-refractivity contribution >= 4 is 21.7 Å². The van der Waals surface area contributed by atoms with Gasteiger partial charge in [-0.1, -0.05) is 0 Å². The normalized spacial score (nSPS) is 10.2. The first kappa shape index (κ1) is 10.1. The highest BCUT2D eigenvalue weighted by Gasteiger charge is 1.98. The molecule has 0 amide bonds. The maximum Gasteiger partial charge on any atom is 0.143 e. The predicted molar refractivity (Wildman–Crippen MR) is 60.4 cm³/mol. The van der Waals surface area contributed by atoms with Gasteiger partial charge in [0.1, 0.15) is 12.1 Å². The molecule has 0 atom stereocenters. The molecule has 78 valence electrons. The van der Waals surface area contributed by atoms with Crippen LogP contribution in [-0.4, -0.2) is 26.3 Å². The zero-order chi connectivity index (χ0) is 10.5. The number of halogens is 1. The van der Waals surface area contributed by atoms with Gasteiger partial charge in [0.25, 0.3) is 0 Å². The lowest BCUT2D eigenvalue weighted by molar-refractivity contribution is 0.637. The van der Waals surface area contributed by atoms with E-state index in [-0.39, 0.29) is 0 Å². The first-order chi connectivity index (χ1) is 7.36. The number of aromatic nitrogens is 4. The number of rotatable bonds is 4. The Hall–Kier alpha value is -1.43. The second kappa shape index (κ2) is 4.88. The second-order valence-corrected chi connectivity index (χ2v) is 3.77. The van der Waals surface area contributed by atoms with Crippen molar-refractivity contribution < 1.29 is 0 Å². The maximum absolute atomic E-state index is 4.10. The summed E-state index contributed by atoms with van der Waals surface area (Å²) in [7, 11) is 0. The first-order valence-corrected chi connectivity index (χ1v) is 5.32. The van der Waals surface area contributed by atoms with E-state index in [2.05, 4.69) is 36.3 Å². The molecule has 2 rings (SSSR count). The highest BCUT2D eigenvalue weighted by molar-refractivity contribution is 9.10. The van der Waals surface area contributed by atoms with Crippen LogP contribution in [0.5, 0.6) is 0 Å². The van der Waals surface area contributed by atoms with Crippen LogP contribution in [-0.2, 0) is 6.54 Å². The molecule has 0 aromatic carbocycles. The second-order valence-electron chi connectivity index (χ2n) is 2.92. The van der Waals surface area contributed by atoms with Crippen LogP contribution in [0.25, 0.3) is 0 Å². The standard InChI is InChI=1S/C9H10BrN5/c10-8-6-11-7-13-9(8)12-3-5-15-4-1-2-14-15/h1-2,4,6-7H,3,5H2,(H,11,12,13). The number of anilines is 1. The molecule has 0 saturated heterocycles. The summed E-state index contributed by atoms with van der Waals surface area (Å²) in [6.45, 7) is 1.58. The van der Waals surface area contributed by atoms with Gasteiger partial charge in [-0.3, -0.25) is 4.68 Å². The van der Waals surface area contributed by atoms with E-state index in [1.54, 1.807) is 12.4 Å². The maximum atomic E-state index is 4.10. The lowest BCUT2D eigenvalue weighted by atomic mass is 10.5. The van der Waals surface area contributed by atoms with Crippen molar-refractivity contribution in [1.29, 1.82) is 0 Å². The molecule has 0 fully saturated rings. The van der Waals surface area contributed by atoms with Crippen molar-refractivity contribution in [3.63, 3.8) is 0 Å². The third-order valence-electron chi connectivity index (χ3n) is 1.86. The van der Waals surface area contributed by atoms with E-state index in [1.807, 2.05) is 16.9 Å². The minimum Gasteiger partial charge on any atom is -0.367 e. The minimum atomic E-state index is 0.775. The molecule has 1 N–H and O–H groups in total. The SMILES string of the molecule is Brc1cncnc1NCCn1cccn1. The van der Waals surface area contributed by atoms with Crippen molar-refractivity contribution in [2.75, 3.05) is 11.9 Å². The van der Waals surface area contributed by atoms with Crippen LogP contribution >= 0.6 is 15.9 Å². The summed E-state index contributed by atoms with van der Waals surface area (Å²) in [5.41, 5.74) is 0. The van der Waals surface area contributed by atoms with Gasteiger partial charge in [0.15, 0.2) is 0 Å². The van der Waals surface area contributed by atoms with E-state index < -0.39 is 0 Å². The van der Waals surface area contributed by atoms with Crippen molar-refractivity contribution in [1.82, 2.24) is 19.7 Å². The monoisotopic (exact) mass is 267 g/mol. The molecule has 0 radical (unpaired) electrons. The van der Waals surface area contributed by atoms with Crippen molar-refractivity contribution in [3.8, 4) is 0 Å². The summed E-state index contributed by atoms with van der Waals surface area (Å²) < 4.78 is 2.73. The fraction of sp³-hybridized carbons (Fsp3) is 0.222. The molecule has 0 aliphatic carbocycles. The fourth-order valence-electron chi connectivity index (χ4n) is 1.16. The van der Waals surface area contributed by atoms with Gasteiger partial charge >= 0.3 is 0 Å². The van der Waals surface area contributed by atoms with Crippen molar-refractivity contribution in [2.45, 2.75) is 6.54 Å². The molecule has 6 heteroatoms. The minimum absolute atomic E-state index is 0.775. The quantitative estimate of drug-likeness (QED) is 0.914. The van der Waals surface area contributed by atoms with E-state index in [4.69, 9.17) is 0 Å². The van der Waals surface area contributed by atoms with E-state index >= 15 is 0 Å². The van der Waals surface area contributed by atoms with Gasteiger partial charge in [0.2, 0.25) is 0 Å². The number of hydrogen-bond acceptors (Lipinski definition) is 4. The predicted octanol–water partition coefficient (Wildman–Crippen LogP) is 1.55. The Kier molecular flexibility index (Phi) is 3.29. The van der Waals surface area contributed by atoms with Gasteiger partial charge in [0.05, 0.1) is 11.0 Å². The van der Waals surface area contributed by atoms with Crippen molar-refractivity contribution in [2.24, 2.45) is 0 Å². The van der Waals surface area contributed by atoms with Crippen molar-refractivity contribution in [3.05, 3.63) is 35.5 Å². The summed E-state index contributed by atoms with van der Waals surface area (Å²) in [4.78, 5) is 7.99. The Morgan fingerprint density at radius 1 is 1.47 bits per heavy atom. The molecule has 0 saturated carbocycles. The summed E-state index contributed by atoms with van der Waals surface area (Å²) >= 11 is 3.37. The van der Waals surface area contributed by atoms with Crippen LogP contribution in [0.3, 0.4) is 0 Å². The van der Waals surface area contributed by atoms with Gasteiger partial charge in [-0.15, -0.1) is 0 Å². The Morgan fingerprint density at radius 2 is 2.40 bits per heavy atom. The van der Waals surface area contributed by atoms with E-state index in [0.29, 0.717) is 0 Å². The first-order valence-electron chi connectivity index (χ1n) is 4.53. The van der Waals surface area contributed by atoms with Gasteiger partial charge in [-0.05, 0) is 22.0 Å². The number of nitrogens with zero attached hydrogens (tertiary/aromatic N) is 4. The highest BCUT2D eigenvalue weighted by atomic mass is 79.9. The smallest absolute Gasteiger partial charge is 0.143 e. The summed E-state index contributed by atoms with van der Waals surface area (Å²) in [5.74, 6) is 0.803. The average molecular weight is 268 g/mol. The molecule has 2 aromatic rings. The van der Waals surface area contributed by atoms with Crippen LogP contribution in [0.4, 0.5) is 5.82 Å². The lowest BCUT2D eigenvalue weighted by Gasteiger charge is -2.06. The topological polar surface area (TPSA) is 55.6 Å². The third kappa shape index (κ3) is 2.76. The van der Waals surface area contributed by atoms with E-state index in [1.165, 1.54) is 6.33 Å². The van der Waals surface area contributed by atoms with E-state index in [9.17, 15) is 0 Å². The lowest BCUT2D eigenvalue weighted by Crippen LogP contribution is -2.11. The van der Waals surface area contributed by atoms with Crippen LogP contribution in [0, 0.1) is 0 Å². The highest BCUT2D eigenvalue weighted by Crippen LogP contribution is 2.16. The van der Waals surface area contributed by atoms with Crippen LogP contribution < -0.4 is 5.32 Å². The van der Waals surface area contributed by atoms with Gasteiger partial charge in [-0.25, -0.2) is 9.97 Å².